The van der Waals surface area contributed by atoms with Crippen molar-refractivity contribution in [2.75, 3.05) is 4.90 Å². The van der Waals surface area contributed by atoms with E-state index < -0.39 is 5.41 Å². The van der Waals surface area contributed by atoms with Gasteiger partial charge in [-0.25, -0.2) is 0 Å². The van der Waals surface area contributed by atoms with Crippen molar-refractivity contribution in [1.82, 2.24) is 0 Å². The van der Waals surface area contributed by atoms with E-state index in [9.17, 15) is 0 Å². The van der Waals surface area contributed by atoms with Crippen molar-refractivity contribution < 1.29 is 0 Å². The van der Waals surface area contributed by atoms with Crippen LogP contribution in [0.25, 0.3) is 42.1 Å². The van der Waals surface area contributed by atoms with Gasteiger partial charge in [0.2, 0.25) is 0 Å². The van der Waals surface area contributed by atoms with Crippen LogP contribution in [-0.4, -0.2) is 0 Å². The molecule has 1 aromatic heterocycles. The fraction of sp³-hybridized carbons (Fsp3) is 0.0213. The van der Waals surface area contributed by atoms with E-state index in [1.165, 1.54) is 70.0 Å². The van der Waals surface area contributed by atoms with E-state index in [0.29, 0.717) is 0 Å². The summed E-state index contributed by atoms with van der Waals surface area (Å²) in [6, 6.07) is 69.2. The van der Waals surface area contributed by atoms with Gasteiger partial charge in [-0.1, -0.05) is 152 Å². The Hall–Kier alpha value is -5.96. The van der Waals surface area contributed by atoms with Crippen molar-refractivity contribution >= 4 is 59.3 Å². The van der Waals surface area contributed by atoms with Gasteiger partial charge in [0.15, 0.2) is 0 Å². The average molecular weight is 642 g/mol. The molecule has 0 bridgehead atoms. The van der Waals surface area contributed by atoms with Gasteiger partial charge in [0.1, 0.15) is 0 Å². The Bertz CT molecular complexity index is 2630. The molecule has 1 nitrogen and oxygen atoms in total. The Balaban J connectivity index is 1.28. The summed E-state index contributed by atoms with van der Waals surface area (Å²) in [6.07, 6.45) is 0. The molecule has 2 heteroatoms. The van der Waals surface area contributed by atoms with Crippen molar-refractivity contribution in [2.24, 2.45) is 0 Å². The van der Waals surface area contributed by atoms with Gasteiger partial charge < -0.3 is 4.90 Å². The average Bonchev–Trinajstić information content (AvgIpc) is 3.70. The number of fused-ring (bicyclic) bond motifs is 8. The molecule has 0 saturated carbocycles. The van der Waals surface area contributed by atoms with Crippen LogP contribution in [0.1, 0.15) is 22.3 Å². The van der Waals surface area contributed by atoms with Crippen LogP contribution in [0.5, 0.6) is 0 Å². The molecule has 1 heterocycles. The van der Waals surface area contributed by atoms with Crippen LogP contribution in [0, 0.1) is 0 Å². The molecule has 1 aliphatic rings. The predicted molar refractivity (Wildman–Crippen MR) is 209 cm³/mol. The normalized spacial score (nSPS) is 13.1. The molecule has 49 heavy (non-hydrogen) atoms. The molecule has 0 atom stereocenters. The zero-order chi connectivity index (χ0) is 32.4. The molecule has 0 saturated heterocycles. The van der Waals surface area contributed by atoms with Gasteiger partial charge in [-0.2, -0.15) is 0 Å². The third-order valence-electron chi connectivity index (χ3n) is 10.3. The van der Waals surface area contributed by atoms with E-state index in [2.05, 4.69) is 193 Å². The van der Waals surface area contributed by atoms with E-state index in [0.717, 1.165) is 11.4 Å². The minimum atomic E-state index is -0.468. The van der Waals surface area contributed by atoms with Crippen molar-refractivity contribution in [3.8, 4) is 11.1 Å². The summed E-state index contributed by atoms with van der Waals surface area (Å²) in [5.74, 6) is 0. The smallest absolute Gasteiger partial charge is 0.0714 e. The van der Waals surface area contributed by atoms with Gasteiger partial charge in [0, 0.05) is 36.9 Å². The number of benzene rings is 8. The molecule has 0 spiro atoms. The van der Waals surface area contributed by atoms with Crippen LogP contribution >= 0.6 is 11.3 Å². The van der Waals surface area contributed by atoms with Gasteiger partial charge >= 0.3 is 0 Å². The third kappa shape index (κ3) is 4.11. The molecule has 8 aromatic carbocycles. The first-order valence-corrected chi connectivity index (χ1v) is 17.7. The van der Waals surface area contributed by atoms with E-state index >= 15 is 0 Å². The van der Waals surface area contributed by atoms with E-state index in [4.69, 9.17) is 0 Å². The topological polar surface area (TPSA) is 3.24 Å². The van der Waals surface area contributed by atoms with Crippen LogP contribution in [0.3, 0.4) is 0 Å². The second-order valence-electron chi connectivity index (χ2n) is 12.8. The minimum absolute atomic E-state index is 0.468. The molecule has 9 aromatic rings. The lowest BCUT2D eigenvalue weighted by molar-refractivity contribution is 0.768. The summed E-state index contributed by atoms with van der Waals surface area (Å²) in [7, 11) is 0. The van der Waals surface area contributed by atoms with Crippen LogP contribution in [0.2, 0.25) is 0 Å². The van der Waals surface area contributed by atoms with Gasteiger partial charge in [0.05, 0.1) is 11.1 Å². The number of rotatable bonds is 5. The molecular formula is C47H31NS. The second kappa shape index (κ2) is 11.1. The highest BCUT2D eigenvalue weighted by molar-refractivity contribution is 7.26. The summed E-state index contributed by atoms with van der Waals surface area (Å²) in [5.41, 5.74) is 10.7. The van der Waals surface area contributed by atoms with Crippen molar-refractivity contribution in [1.29, 1.82) is 0 Å². The second-order valence-corrected chi connectivity index (χ2v) is 13.9. The Morgan fingerprint density at radius 2 is 0.939 bits per heavy atom. The number of nitrogens with zero attached hydrogens (tertiary/aromatic N) is 1. The van der Waals surface area contributed by atoms with Gasteiger partial charge in [-0.3, -0.25) is 0 Å². The highest BCUT2D eigenvalue weighted by atomic mass is 32.1. The quantitative estimate of drug-likeness (QED) is 0.181. The Kier molecular flexibility index (Phi) is 6.34. The van der Waals surface area contributed by atoms with Crippen molar-refractivity contribution in [3.63, 3.8) is 0 Å². The van der Waals surface area contributed by atoms with Crippen LogP contribution in [-0.2, 0) is 5.41 Å². The molecule has 0 unspecified atom stereocenters. The zero-order valence-corrected chi connectivity index (χ0v) is 27.6. The number of anilines is 3. The summed E-state index contributed by atoms with van der Waals surface area (Å²) in [6.45, 7) is 0. The van der Waals surface area contributed by atoms with Crippen LogP contribution in [0.15, 0.2) is 188 Å². The first-order chi connectivity index (χ1) is 24.3. The standard InChI is InChI=1S/C47H31NS/c1-3-16-32(17-4-1)47(41-27-12-9-22-36(41)37-23-10-13-28-42(37)47)33-18-15-21-35(30-33)48(34-19-5-2-6-20-34)43-31-45-46(39-25-8-7-24-38(39)43)40-26-11-14-29-44(40)49-45/h1-31H. The van der Waals surface area contributed by atoms with Crippen LogP contribution in [0.4, 0.5) is 17.1 Å². The Labute approximate surface area is 290 Å². The van der Waals surface area contributed by atoms with Crippen molar-refractivity contribution in [2.45, 2.75) is 5.41 Å². The maximum Gasteiger partial charge on any atom is 0.0714 e. The maximum atomic E-state index is 2.46. The molecule has 230 valence electrons. The molecule has 1 aliphatic carbocycles. The van der Waals surface area contributed by atoms with Crippen molar-refractivity contribution in [3.05, 3.63) is 210 Å². The molecule has 0 amide bonds. The third-order valence-corrected chi connectivity index (χ3v) is 11.4. The monoisotopic (exact) mass is 641 g/mol. The predicted octanol–water partition coefficient (Wildman–Crippen LogP) is 13.0. The summed E-state index contributed by atoms with van der Waals surface area (Å²) in [4.78, 5) is 2.46. The lowest BCUT2D eigenvalue weighted by Gasteiger charge is -2.35. The Morgan fingerprint density at radius 3 is 1.67 bits per heavy atom. The molecule has 0 N–H and O–H groups in total. The molecular weight excluding hydrogens is 611 g/mol. The minimum Gasteiger partial charge on any atom is -0.310 e. The highest BCUT2D eigenvalue weighted by Crippen LogP contribution is 2.57. The number of thiophene rings is 1. The van der Waals surface area contributed by atoms with Crippen LogP contribution < -0.4 is 4.90 Å². The number of para-hydroxylation sites is 1. The first-order valence-electron chi connectivity index (χ1n) is 16.9. The summed E-state index contributed by atoms with van der Waals surface area (Å²) >= 11 is 1.88. The van der Waals surface area contributed by atoms with Gasteiger partial charge in [-0.05, 0) is 75.2 Å². The van der Waals surface area contributed by atoms with E-state index in [1.807, 2.05) is 11.3 Å². The highest BCUT2D eigenvalue weighted by Gasteiger charge is 2.46. The molecule has 0 fully saturated rings. The molecule has 0 radical (unpaired) electrons. The maximum absolute atomic E-state index is 2.46. The fourth-order valence-corrected chi connectivity index (χ4v) is 9.51. The lowest BCUT2D eigenvalue weighted by atomic mass is 9.67. The molecule has 10 rings (SSSR count). The lowest BCUT2D eigenvalue weighted by Crippen LogP contribution is -2.28. The first kappa shape index (κ1) is 28.1. The van der Waals surface area contributed by atoms with Gasteiger partial charge in [-0.15, -0.1) is 11.3 Å². The number of hydrogen-bond donors (Lipinski definition) is 0. The summed E-state index contributed by atoms with van der Waals surface area (Å²) in [5, 5.41) is 5.18. The van der Waals surface area contributed by atoms with Gasteiger partial charge in [0.25, 0.3) is 0 Å². The Morgan fingerprint density at radius 1 is 0.388 bits per heavy atom. The SMILES string of the molecule is c1ccc(N(c2cccc(C3(c4ccccc4)c4ccccc4-c4ccccc43)c2)c2cc3sc4ccccc4c3c3ccccc23)cc1. The number of hydrogen-bond acceptors (Lipinski definition) is 2. The fourth-order valence-electron chi connectivity index (χ4n) is 8.35. The van der Waals surface area contributed by atoms with E-state index in [-0.39, 0.29) is 0 Å². The largest absolute Gasteiger partial charge is 0.310 e. The van der Waals surface area contributed by atoms with E-state index in [1.54, 1.807) is 0 Å². The molecule has 0 aliphatic heterocycles. The summed E-state index contributed by atoms with van der Waals surface area (Å²) < 4.78 is 2.61. The zero-order valence-electron chi connectivity index (χ0n) is 26.8.